The quantitative estimate of drug-likeness (QED) is 0.601. The number of nitrogens with zero attached hydrogens (tertiary/aromatic N) is 1. The van der Waals surface area contributed by atoms with Crippen molar-refractivity contribution in [1.29, 1.82) is 0 Å². The van der Waals surface area contributed by atoms with Crippen LogP contribution in [0.4, 0.5) is 5.69 Å². The fourth-order valence-corrected chi connectivity index (χ4v) is 3.93. The zero-order chi connectivity index (χ0) is 22.3. The summed E-state index contributed by atoms with van der Waals surface area (Å²) in [5.74, 6) is -1.81. The molecule has 1 amide bonds. The van der Waals surface area contributed by atoms with Crippen molar-refractivity contribution in [3.8, 4) is 0 Å². The zero-order valence-electron chi connectivity index (χ0n) is 17.0. The number of anilines is 1. The minimum Gasteiger partial charge on any atom is -0.466 e. The topological polar surface area (TPSA) is 113 Å². The lowest BCUT2D eigenvalue weighted by Gasteiger charge is -2.23. The smallest absolute Gasteiger partial charge is 0.337 e. The van der Waals surface area contributed by atoms with Gasteiger partial charge in [0, 0.05) is 23.2 Å². The molecule has 2 aromatic carbocycles. The van der Waals surface area contributed by atoms with Gasteiger partial charge in [0.25, 0.3) is 5.91 Å². The Labute approximate surface area is 178 Å². The molecule has 0 bridgehead atoms. The summed E-state index contributed by atoms with van der Waals surface area (Å²) < 4.78 is 4.81. The number of aliphatic hydroxyl groups is 1. The number of carbonyl (C=O) groups is 4. The van der Waals surface area contributed by atoms with Gasteiger partial charge in [0.15, 0.2) is 11.6 Å². The summed E-state index contributed by atoms with van der Waals surface area (Å²) in [6, 6.07) is 9.86. The Hall–Kier alpha value is -3.78. The highest BCUT2D eigenvalue weighted by Crippen LogP contribution is 2.35. The van der Waals surface area contributed by atoms with Crippen LogP contribution in [0.25, 0.3) is 0 Å². The largest absolute Gasteiger partial charge is 0.466 e. The van der Waals surface area contributed by atoms with Gasteiger partial charge in [-0.15, -0.1) is 0 Å². The molecule has 1 aliphatic carbocycles. The maximum Gasteiger partial charge on any atom is 0.337 e. The number of esters is 1. The van der Waals surface area contributed by atoms with Crippen LogP contribution < -0.4 is 5.32 Å². The Morgan fingerprint density at radius 3 is 2.39 bits per heavy atom. The van der Waals surface area contributed by atoms with Crippen molar-refractivity contribution in [2.75, 3.05) is 32.1 Å². The van der Waals surface area contributed by atoms with Crippen molar-refractivity contribution in [2.24, 2.45) is 0 Å². The second kappa shape index (κ2) is 7.81. The average molecular weight is 420 g/mol. The first-order valence-corrected chi connectivity index (χ1v) is 9.69. The summed E-state index contributed by atoms with van der Waals surface area (Å²) in [6.45, 7) is 1.49. The first kappa shape index (κ1) is 20.5. The van der Waals surface area contributed by atoms with Crippen molar-refractivity contribution in [2.45, 2.75) is 6.92 Å². The molecule has 0 radical (unpaired) electrons. The van der Waals surface area contributed by atoms with Gasteiger partial charge in [0.1, 0.15) is 5.70 Å². The van der Waals surface area contributed by atoms with Gasteiger partial charge in [-0.05, 0) is 18.6 Å². The molecule has 0 saturated heterocycles. The van der Waals surface area contributed by atoms with E-state index in [4.69, 9.17) is 4.74 Å². The van der Waals surface area contributed by atoms with E-state index in [1.54, 1.807) is 43.3 Å². The fourth-order valence-electron chi connectivity index (χ4n) is 3.93. The van der Waals surface area contributed by atoms with E-state index in [0.29, 0.717) is 16.8 Å². The molecule has 0 aromatic heterocycles. The molecule has 1 aliphatic heterocycles. The van der Waals surface area contributed by atoms with Crippen LogP contribution in [0.2, 0.25) is 0 Å². The Kier molecular flexibility index (Phi) is 5.16. The first-order chi connectivity index (χ1) is 14.9. The Morgan fingerprint density at radius 2 is 1.74 bits per heavy atom. The highest BCUT2D eigenvalue weighted by atomic mass is 16.5. The van der Waals surface area contributed by atoms with E-state index in [0.717, 1.165) is 0 Å². The molecule has 8 heteroatoms. The standard InChI is InChI=1S/C23H20N2O6/c1-12-7-8-15-17(21(28)14-6-4-3-5-13(14)20(15)27)18(12)24-19-16(23(30)31-2)11-25(9-10-26)22(19)29/h3-8,24,26H,9-11H2,1-2H3. The Morgan fingerprint density at radius 1 is 1.06 bits per heavy atom. The molecular weight excluding hydrogens is 400 g/mol. The Balaban J connectivity index is 1.85. The molecule has 0 fully saturated rings. The fraction of sp³-hybridized carbons (Fsp3) is 0.217. The number of β-amino-alcohol motifs (C(OH)–C–C–N with tert-alkyl or cyclic N) is 1. The number of carbonyl (C=O) groups excluding carboxylic acids is 4. The first-order valence-electron chi connectivity index (χ1n) is 9.69. The number of hydrogen-bond donors (Lipinski definition) is 2. The maximum atomic E-state index is 13.3. The summed E-state index contributed by atoms with van der Waals surface area (Å²) in [5, 5.41) is 12.2. The van der Waals surface area contributed by atoms with Gasteiger partial charge in [0.2, 0.25) is 0 Å². The van der Waals surface area contributed by atoms with Crippen molar-refractivity contribution in [1.82, 2.24) is 4.90 Å². The molecule has 8 nitrogen and oxygen atoms in total. The predicted molar refractivity (Wildman–Crippen MR) is 111 cm³/mol. The highest BCUT2D eigenvalue weighted by Gasteiger charge is 2.37. The minimum absolute atomic E-state index is 0.0296. The molecule has 2 aromatic rings. The molecule has 0 atom stereocenters. The van der Waals surface area contributed by atoms with Gasteiger partial charge in [-0.1, -0.05) is 30.3 Å². The van der Waals surface area contributed by atoms with Crippen molar-refractivity contribution >= 4 is 29.1 Å². The summed E-state index contributed by atoms with van der Waals surface area (Å²) in [4.78, 5) is 52.8. The van der Waals surface area contributed by atoms with Gasteiger partial charge in [0.05, 0.1) is 37.1 Å². The van der Waals surface area contributed by atoms with Crippen molar-refractivity contribution < 1.29 is 29.0 Å². The van der Waals surface area contributed by atoms with Crippen molar-refractivity contribution in [3.63, 3.8) is 0 Å². The number of ketones is 2. The third-order valence-electron chi connectivity index (χ3n) is 5.51. The van der Waals surface area contributed by atoms with Crippen molar-refractivity contribution in [3.05, 3.63) is 75.5 Å². The van der Waals surface area contributed by atoms with E-state index in [9.17, 15) is 24.3 Å². The molecule has 31 heavy (non-hydrogen) atoms. The van der Waals surface area contributed by atoms with Gasteiger partial charge in [-0.2, -0.15) is 0 Å². The van der Waals surface area contributed by atoms with Crippen LogP contribution in [0.15, 0.2) is 47.7 Å². The molecule has 0 saturated carbocycles. The van der Waals surface area contributed by atoms with E-state index in [2.05, 4.69) is 5.32 Å². The lowest BCUT2D eigenvalue weighted by Crippen LogP contribution is -2.31. The lowest BCUT2D eigenvalue weighted by atomic mass is 9.82. The number of aliphatic hydroxyl groups excluding tert-OH is 1. The molecular formula is C23H20N2O6. The normalized spacial score (nSPS) is 15.2. The third-order valence-corrected chi connectivity index (χ3v) is 5.51. The predicted octanol–water partition coefficient (Wildman–Crippen LogP) is 1.44. The van der Waals surface area contributed by atoms with Crippen LogP contribution in [0, 0.1) is 6.92 Å². The molecule has 0 unspecified atom stereocenters. The minimum atomic E-state index is -0.688. The SMILES string of the molecule is COC(=O)C1=C(Nc2c(C)ccc3c2C(=O)c2ccccc2C3=O)C(=O)N(CCO)C1. The molecule has 1 heterocycles. The number of amides is 1. The van der Waals surface area contributed by atoms with Crippen LogP contribution in [0.3, 0.4) is 0 Å². The summed E-state index contributed by atoms with van der Waals surface area (Å²) in [5.41, 5.74) is 1.99. The molecule has 158 valence electrons. The van der Waals surface area contributed by atoms with Crippen LogP contribution in [0.5, 0.6) is 0 Å². The van der Waals surface area contributed by atoms with E-state index in [1.807, 2.05) is 0 Å². The van der Waals surface area contributed by atoms with Gasteiger partial charge in [-0.3, -0.25) is 14.4 Å². The number of ether oxygens (including phenoxy) is 1. The second-order valence-electron chi connectivity index (χ2n) is 7.30. The summed E-state index contributed by atoms with van der Waals surface area (Å²) in [6.07, 6.45) is 0. The summed E-state index contributed by atoms with van der Waals surface area (Å²) >= 11 is 0. The number of aryl methyl sites for hydroxylation is 1. The lowest BCUT2D eigenvalue weighted by molar-refractivity contribution is -0.136. The molecule has 0 spiro atoms. The number of nitrogens with one attached hydrogen (secondary N) is 1. The third kappa shape index (κ3) is 3.21. The van der Waals surface area contributed by atoms with Crippen LogP contribution in [0.1, 0.15) is 37.4 Å². The average Bonchev–Trinajstić information content (AvgIpc) is 3.08. The van der Waals surface area contributed by atoms with E-state index in [1.165, 1.54) is 12.0 Å². The summed E-state index contributed by atoms with van der Waals surface area (Å²) in [7, 11) is 1.21. The number of benzene rings is 2. The molecule has 4 rings (SSSR count). The second-order valence-corrected chi connectivity index (χ2v) is 7.30. The van der Waals surface area contributed by atoms with Crippen LogP contribution >= 0.6 is 0 Å². The van der Waals surface area contributed by atoms with E-state index >= 15 is 0 Å². The van der Waals surface area contributed by atoms with Gasteiger partial charge in [-0.25, -0.2) is 4.79 Å². The van der Waals surface area contributed by atoms with E-state index in [-0.39, 0.29) is 59.2 Å². The maximum absolute atomic E-state index is 13.3. The number of rotatable bonds is 5. The number of methoxy groups -OCH3 is 1. The monoisotopic (exact) mass is 420 g/mol. The molecule has 2 N–H and O–H groups in total. The van der Waals surface area contributed by atoms with E-state index < -0.39 is 11.9 Å². The number of hydrogen-bond acceptors (Lipinski definition) is 7. The molecule has 2 aliphatic rings. The van der Waals surface area contributed by atoms with Gasteiger partial charge < -0.3 is 20.1 Å². The Bertz CT molecular complexity index is 1180. The van der Waals surface area contributed by atoms with Gasteiger partial charge >= 0.3 is 5.97 Å². The van der Waals surface area contributed by atoms with Crippen LogP contribution in [-0.2, 0) is 14.3 Å². The highest BCUT2D eigenvalue weighted by molar-refractivity contribution is 6.30. The van der Waals surface area contributed by atoms with Crippen LogP contribution in [-0.4, -0.2) is 60.3 Å². The number of fused-ring (bicyclic) bond motifs is 2. The zero-order valence-corrected chi connectivity index (χ0v) is 17.0.